The van der Waals surface area contributed by atoms with Crippen molar-refractivity contribution < 1.29 is 9.53 Å². The molecule has 2 unspecified atom stereocenters. The molecule has 2 aliphatic heterocycles. The van der Waals surface area contributed by atoms with E-state index in [0.29, 0.717) is 5.91 Å². The predicted molar refractivity (Wildman–Crippen MR) is 71.5 cm³/mol. The summed E-state index contributed by atoms with van der Waals surface area (Å²) in [7, 11) is 0. The van der Waals surface area contributed by atoms with Crippen molar-refractivity contribution in [3.63, 3.8) is 0 Å². The minimum absolute atomic E-state index is 0.0490. The van der Waals surface area contributed by atoms with Gasteiger partial charge >= 0.3 is 0 Å². The molecule has 2 heterocycles. The zero-order valence-electron chi connectivity index (χ0n) is 11.5. The summed E-state index contributed by atoms with van der Waals surface area (Å²) in [6.45, 7) is 5.44. The Bertz CT molecular complexity index is 261. The summed E-state index contributed by atoms with van der Waals surface area (Å²) in [5.41, 5.74) is 0. The van der Waals surface area contributed by atoms with E-state index in [4.69, 9.17) is 4.74 Å². The molecule has 0 aromatic rings. The number of amides is 1. The Morgan fingerprint density at radius 1 is 1.28 bits per heavy atom. The molecule has 4 nitrogen and oxygen atoms in total. The van der Waals surface area contributed by atoms with Crippen molar-refractivity contribution in [2.45, 2.75) is 57.6 Å². The van der Waals surface area contributed by atoms with Crippen LogP contribution in [0.4, 0.5) is 0 Å². The van der Waals surface area contributed by atoms with Gasteiger partial charge in [0.25, 0.3) is 0 Å². The molecule has 2 aliphatic rings. The second kappa shape index (κ2) is 7.10. The van der Waals surface area contributed by atoms with Crippen LogP contribution < -0.4 is 5.32 Å². The number of rotatable bonds is 3. The topological polar surface area (TPSA) is 41.6 Å². The highest BCUT2D eigenvalue weighted by atomic mass is 16.5. The molecule has 2 rings (SSSR count). The SMILES string of the molecule is CCOC1CCCN(C(=O)C2CCCCCN2)C1. The summed E-state index contributed by atoms with van der Waals surface area (Å²) in [4.78, 5) is 14.5. The molecule has 0 aliphatic carbocycles. The second-order valence-corrected chi connectivity index (χ2v) is 5.36. The minimum Gasteiger partial charge on any atom is -0.377 e. The maximum absolute atomic E-state index is 12.5. The number of nitrogens with zero attached hydrogens (tertiary/aromatic N) is 1. The predicted octanol–water partition coefficient (Wildman–Crippen LogP) is 1.55. The molecule has 2 fully saturated rings. The average molecular weight is 254 g/mol. The van der Waals surface area contributed by atoms with Crippen molar-refractivity contribution in [1.29, 1.82) is 0 Å². The van der Waals surface area contributed by atoms with Crippen LogP contribution in [0.25, 0.3) is 0 Å². The normalized spacial score (nSPS) is 29.9. The number of carbonyl (C=O) groups excluding carboxylic acids is 1. The van der Waals surface area contributed by atoms with Crippen LogP contribution in [0.1, 0.15) is 45.4 Å². The highest BCUT2D eigenvalue weighted by Crippen LogP contribution is 2.17. The monoisotopic (exact) mass is 254 g/mol. The van der Waals surface area contributed by atoms with Gasteiger partial charge in [-0.1, -0.05) is 12.8 Å². The van der Waals surface area contributed by atoms with Crippen LogP contribution in [0.15, 0.2) is 0 Å². The number of carbonyl (C=O) groups is 1. The number of nitrogens with one attached hydrogen (secondary N) is 1. The van der Waals surface area contributed by atoms with E-state index >= 15 is 0 Å². The van der Waals surface area contributed by atoms with Crippen molar-refractivity contribution in [1.82, 2.24) is 10.2 Å². The van der Waals surface area contributed by atoms with Gasteiger partial charge in [-0.3, -0.25) is 4.79 Å². The van der Waals surface area contributed by atoms with Crippen molar-refractivity contribution in [2.24, 2.45) is 0 Å². The van der Waals surface area contributed by atoms with Crippen LogP contribution in [0.3, 0.4) is 0 Å². The van der Waals surface area contributed by atoms with Crippen LogP contribution in [0, 0.1) is 0 Å². The second-order valence-electron chi connectivity index (χ2n) is 5.36. The summed E-state index contributed by atoms with van der Waals surface area (Å²) in [5.74, 6) is 0.293. The Morgan fingerprint density at radius 3 is 3.00 bits per heavy atom. The Kier molecular flexibility index (Phi) is 5.45. The molecule has 18 heavy (non-hydrogen) atoms. The van der Waals surface area contributed by atoms with Crippen molar-refractivity contribution in [3.8, 4) is 0 Å². The van der Waals surface area contributed by atoms with Gasteiger partial charge in [-0.05, 0) is 39.2 Å². The van der Waals surface area contributed by atoms with E-state index in [9.17, 15) is 4.79 Å². The molecule has 2 atom stereocenters. The first-order chi connectivity index (χ1) is 8.81. The molecule has 2 saturated heterocycles. The smallest absolute Gasteiger partial charge is 0.239 e. The van der Waals surface area contributed by atoms with Crippen LogP contribution in [0.2, 0.25) is 0 Å². The molecular weight excluding hydrogens is 228 g/mol. The zero-order chi connectivity index (χ0) is 12.8. The number of hydrogen-bond acceptors (Lipinski definition) is 3. The van der Waals surface area contributed by atoms with E-state index in [1.165, 1.54) is 19.3 Å². The van der Waals surface area contributed by atoms with E-state index in [-0.39, 0.29) is 12.1 Å². The van der Waals surface area contributed by atoms with Gasteiger partial charge in [-0.25, -0.2) is 0 Å². The fourth-order valence-corrected chi connectivity index (χ4v) is 2.97. The van der Waals surface area contributed by atoms with Gasteiger partial charge in [0.1, 0.15) is 0 Å². The lowest BCUT2D eigenvalue weighted by atomic mass is 10.0. The first kappa shape index (κ1) is 13.8. The number of hydrogen-bond donors (Lipinski definition) is 1. The summed E-state index contributed by atoms with van der Waals surface area (Å²) >= 11 is 0. The lowest BCUT2D eigenvalue weighted by molar-refractivity contribution is -0.137. The number of ether oxygens (including phenoxy) is 1. The molecule has 0 aromatic carbocycles. The first-order valence-corrected chi connectivity index (χ1v) is 7.45. The molecule has 4 heteroatoms. The van der Waals surface area contributed by atoms with Crippen LogP contribution in [-0.2, 0) is 9.53 Å². The quantitative estimate of drug-likeness (QED) is 0.831. The molecule has 0 bridgehead atoms. The van der Waals surface area contributed by atoms with E-state index in [1.54, 1.807) is 0 Å². The molecule has 0 spiro atoms. The fourth-order valence-electron chi connectivity index (χ4n) is 2.97. The van der Waals surface area contributed by atoms with E-state index in [2.05, 4.69) is 5.32 Å². The molecule has 0 saturated carbocycles. The summed E-state index contributed by atoms with van der Waals surface area (Å²) < 4.78 is 5.66. The van der Waals surface area contributed by atoms with E-state index in [1.807, 2.05) is 11.8 Å². The van der Waals surface area contributed by atoms with Gasteiger partial charge < -0.3 is 15.0 Å². The standard InChI is InChI=1S/C14H26N2O2/c1-2-18-12-7-6-10-16(11-12)14(17)13-8-4-3-5-9-15-13/h12-13,15H,2-11H2,1H3. The maximum Gasteiger partial charge on any atom is 0.239 e. The molecule has 1 N–H and O–H groups in total. The van der Waals surface area contributed by atoms with Gasteiger partial charge in [0, 0.05) is 19.7 Å². The highest BCUT2D eigenvalue weighted by Gasteiger charge is 2.29. The van der Waals surface area contributed by atoms with Crippen LogP contribution in [-0.4, -0.2) is 49.2 Å². The van der Waals surface area contributed by atoms with Gasteiger partial charge in [-0.2, -0.15) is 0 Å². The van der Waals surface area contributed by atoms with Crippen LogP contribution >= 0.6 is 0 Å². The van der Waals surface area contributed by atoms with Crippen molar-refractivity contribution >= 4 is 5.91 Å². The van der Waals surface area contributed by atoms with Gasteiger partial charge in [0.05, 0.1) is 12.1 Å². The summed E-state index contributed by atoms with van der Waals surface area (Å²) in [5, 5.41) is 3.39. The Hall–Kier alpha value is -0.610. The Morgan fingerprint density at radius 2 is 2.17 bits per heavy atom. The summed E-state index contributed by atoms with van der Waals surface area (Å²) in [6, 6.07) is 0.0490. The first-order valence-electron chi connectivity index (χ1n) is 7.45. The van der Waals surface area contributed by atoms with Crippen molar-refractivity contribution in [2.75, 3.05) is 26.2 Å². The number of piperidine rings is 1. The van der Waals surface area contributed by atoms with E-state index < -0.39 is 0 Å². The fraction of sp³-hybridized carbons (Fsp3) is 0.929. The lowest BCUT2D eigenvalue weighted by Gasteiger charge is -2.34. The molecule has 104 valence electrons. The third kappa shape index (κ3) is 3.69. The van der Waals surface area contributed by atoms with Gasteiger partial charge in [0.2, 0.25) is 5.91 Å². The highest BCUT2D eigenvalue weighted by molar-refractivity contribution is 5.82. The van der Waals surface area contributed by atoms with Gasteiger partial charge in [0.15, 0.2) is 0 Å². The molecule has 0 radical (unpaired) electrons. The molecular formula is C14H26N2O2. The third-order valence-electron chi connectivity index (χ3n) is 3.95. The average Bonchev–Trinajstić information content (AvgIpc) is 2.67. The Balaban J connectivity index is 1.86. The summed E-state index contributed by atoms with van der Waals surface area (Å²) in [6.07, 6.45) is 7.03. The maximum atomic E-state index is 12.5. The third-order valence-corrected chi connectivity index (χ3v) is 3.95. The Labute approximate surface area is 110 Å². The van der Waals surface area contributed by atoms with Crippen molar-refractivity contribution in [3.05, 3.63) is 0 Å². The lowest BCUT2D eigenvalue weighted by Crippen LogP contribution is -2.51. The number of likely N-dealkylation sites (tertiary alicyclic amines) is 1. The minimum atomic E-state index is 0.0490. The largest absolute Gasteiger partial charge is 0.377 e. The van der Waals surface area contributed by atoms with Crippen LogP contribution in [0.5, 0.6) is 0 Å². The molecule has 0 aromatic heterocycles. The zero-order valence-corrected chi connectivity index (χ0v) is 11.5. The molecule has 1 amide bonds. The van der Waals surface area contributed by atoms with E-state index in [0.717, 1.165) is 45.5 Å². The van der Waals surface area contributed by atoms with Gasteiger partial charge in [-0.15, -0.1) is 0 Å².